The first-order valence-electron chi connectivity index (χ1n) is 7.47. The van der Waals surface area contributed by atoms with Crippen LogP contribution in [0, 0.1) is 0 Å². The summed E-state index contributed by atoms with van der Waals surface area (Å²) in [6.45, 7) is 0. The minimum absolute atomic E-state index is 0.00660. The monoisotopic (exact) mass is 302 g/mol. The normalized spacial score (nSPS) is 28.5. The Bertz CT molecular complexity index is 643. The molecule has 1 aliphatic heterocycles. The van der Waals surface area contributed by atoms with E-state index in [1.807, 2.05) is 0 Å². The molecule has 0 spiro atoms. The molecule has 4 nitrogen and oxygen atoms in total. The van der Waals surface area contributed by atoms with Crippen molar-refractivity contribution in [1.29, 1.82) is 0 Å². The maximum absolute atomic E-state index is 9.94. The number of aromatic nitrogens is 2. The van der Waals surface area contributed by atoms with Crippen molar-refractivity contribution in [3.8, 4) is 0 Å². The van der Waals surface area contributed by atoms with Crippen LogP contribution in [0.25, 0.3) is 0 Å². The van der Waals surface area contributed by atoms with Gasteiger partial charge in [-0.15, -0.1) is 0 Å². The second-order valence-electron chi connectivity index (χ2n) is 5.91. The van der Waals surface area contributed by atoms with Gasteiger partial charge in [-0.3, -0.25) is 0 Å². The number of aryl methyl sites for hydroxylation is 1. The summed E-state index contributed by atoms with van der Waals surface area (Å²) in [6.07, 6.45) is 2.78. The van der Waals surface area contributed by atoms with E-state index in [1.54, 1.807) is 11.8 Å². The highest BCUT2D eigenvalue weighted by atomic mass is 32.2. The Hall–Kier alpha value is -1.33. The number of aliphatic hydroxyl groups excluding tert-OH is 1. The van der Waals surface area contributed by atoms with Crippen LogP contribution in [0.5, 0.6) is 0 Å². The highest BCUT2D eigenvalue weighted by Gasteiger charge is 2.33. The summed E-state index contributed by atoms with van der Waals surface area (Å²) < 4.78 is 5.43. The number of hydrogen-bond donors (Lipinski definition) is 1. The Morgan fingerprint density at radius 2 is 2.05 bits per heavy atom. The molecule has 1 aromatic heterocycles. The lowest BCUT2D eigenvalue weighted by atomic mass is 9.83. The second-order valence-corrected chi connectivity index (χ2v) is 6.99. The van der Waals surface area contributed by atoms with E-state index < -0.39 is 0 Å². The Balaban J connectivity index is 1.54. The summed E-state index contributed by atoms with van der Waals surface area (Å²) in [5.41, 5.74) is 2.84. The van der Waals surface area contributed by atoms with Gasteiger partial charge in [0.15, 0.2) is 5.82 Å². The van der Waals surface area contributed by atoms with Crippen molar-refractivity contribution in [2.24, 2.45) is 0 Å². The van der Waals surface area contributed by atoms with Crippen LogP contribution in [0.1, 0.15) is 41.1 Å². The molecular formula is C16H18N2O2S. The molecule has 2 aromatic rings. The summed E-state index contributed by atoms with van der Waals surface area (Å²) in [6, 6.07) is 8.60. The molecule has 4 rings (SSSR count). The average molecular weight is 302 g/mol. The fourth-order valence-corrected chi connectivity index (χ4v) is 4.49. The van der Waals surface area contributed by atoms with Gasteiger partial charge in [0.05, 0.1) is 12.0 Å². The molecule has 0 saturated carbocycles. The third kappa shape index (κ3) is 2.49. The van der Waals surface area contributed by atoms with Crippen molar-refractivity contribution in [2.45, 2.75) is 37.2 Å². The molecule has 0 radical (unpaired) electrons. The maximum atomic E-state index is 9.94. The molecule has 0 amide bonds. The molecule has 1 fully saturated rings. The van der Waals surface area contributed by atoms with Gasteiger partial charge in [-0.25, -0.2) is 0 Å². The van der Waals surface area contributed by atoms with Crippen molar-refractivity contribution in [3.05, 3.63) is 47.1 Å². The molecule has 0 bridgehead atoms. The predicted molar refractivity (Wildman–Crippen MR) is 81.6 cm³/mol. The quantitative estimate of drug-likeness (QED) is 0.924. The molecule has 1 aromatic carbocycles. The van der Waals surface area contributed by atoms with Crippen LogP contribution in [0.15, 0.2) is 28.8 Å². The largest absolute Gasteiger partial charge is 0.391 e. The molecular weight excluding hydrogens is 284 g/mol. The fourth-order valence-electron chi connectivity index (χ4n) is 3.26. The molecule has 21 heavy (non-hydrogen) atoms. The second kappa shape index (κ2) is 5.46. The molecule has 5 heteroatoms. The minimum atomic E-state index is -0.351. The zero-order chi connectivity index (χ0) is 14.2. The summed E-state index contributed by atoms with van der Waals surface area (Å²) >= 11 is 1.74. The Kier molecular flexibility index (Phi) is 3.47. The number of aliphatic hydroxyl groups is 1. The first-order chi connectivity index (χ1) is 10.3. The smallest absolute Gasteiger partial charge is 0.233 e. The zero-order valence-corrected chi connectivity index (χ0v) is 12.6. The maximum Gasteiger partial charge on any atom is 0.233 e. The molecule has 3 unspecified atom stereocenters. The lowest BCUT2D eigenvalue weighted by Crippen LogP contribution is -2.17. The molecule has 1 aliphatic carbocycles. The molecule has 2 heterocycles. The fraction of sp³-hybridized carbons (Fsp3) is 0.500. The Morgan fingerprint density at radius 3 is 2.86 bits per heavy atom. The third-order valence-electron chi connectivity index (χ3n) is 4.54. The highest BCUT2D eigenvalue weighted by molar-refractivity contribution is 7.99. The van der Waals surface area contributed by atoms with Crippen LogP contribution in [0.2, 0.25) is 0 Å². The van der Waals surface area contributed by atoms with E-state index in [0.717, 1.165) is 36.6 Å². The van der Waals surface area contributed by atoms with Crippen molar-refractivity contribution >= 4 is 11.8 Å². The van der Waals surface area contributed by atoms with E-state index in [2.05, 4.69) is 34.4 Å². The number of hydrogen-bond acceptors (Lipinski definition) is 5. The lowest BCUT2D eigenvalue weighted by Gasteiger charge is -2.21. The average Bonchev–Trinajstić information content (AvgIpc) is 3.15. The number of nitrogens with zero attached hydrogens (tertiary/aromatic N) is 2. The van der Waals surface area contributed by atoms with E-state index in [0.29, 0.717) is 11.8 Å². The van der Waals surface area contributed by atoms with Crippen LogP contribution in [0.3, 0.4) is 0 Å². The summed E-state index contributed by atoms with van der Waals surface area (Å²) in [4.78, 5) is 4.59. The lowest BCUT2D eigenvalue weighted by molar-refractivity contribution is 0.164. The van der Waals surface area contributed by atoms with Crippen LogP contribution >= 0.6 is 11.8 Å². The van der Waals surface area contributed by atoms with Gasteiger partial charge < -0.3 is 9.63 Å². The van der Waals surface area contributed by atoms with E-state index in [4.69, 9.17) is 4.52 Å². The topological polar surface area (TPSA) is 59.2 Å². The van der Waals surface area contributed by atoms with E-state index in [9.17, 15) is 5.11 Å². The van der Waals surface area contributed by atoms with E-state index >= 15 is 0 Å². The van der Waals surface area contributed by atoms with Gasteiger partial charge in [0.25, 0.3) is 0 Å². The van der Waals surface area contributed by atoms with Gasteiger partial charge in [0.2, 0.25) is 5.89 Å². The first kappa shape index (κ1) is 13.3. The molecule has 110 valence electrons. The van der Waals surface area contributed by atoms with Gasteiger partial charge in [0.1, 0.15) is 0 Å². The summed E-state index contributed by atoms with van der Waals surface area (Å²) in [7, 11) is 0. The van der Waals surface area contributed by atoms with Crippen LogP contribution < -0.4 is 0 Å². The van der Waals surface area contributed by atoms with Crippen molar-refractivity contribution < 1.29 is 9.63 Å². The standard InChI is InChI=1S/C16H18N2O2S/c19-14-9-21-8-13(14)16-17-15(18-20-16)12-6-5-10-3-1-2-4-11(10)7-12/h1-4,12-14,19H,5-9H2. The summed E-state index contributed by atoms with van der Waals surface area (Å²) in [5.74, 6) is 3.40. The van der Waals surface area contributed by atoms with Crippen LogP contribution in [0.4, 0.5) is 0 Å². The van der Waals surface area contributed by atoms with Gasteiger partial charge in [-0.05, 0) is 30.4 Å². The number of fused-ring (bicyclic) bond motifs is 1. The van der Waals surface area contributed by atoms with Crippen molar-refractivity contribution in [3.63, 3.8) is 0 Å². The molecule has 1 N–H and O–H groups in total. The van der Waals surface area contributed by atoms with E-state index in [1.165, 1.54) is 11.1 Å². The van der Waals surface area contributed by atoms with Gasteiger partial charge in [-0.1, -0.05) is 29.4 Å². The predicted octanol–water partition coefficient (Wildman–Crippen LogP) is 2.53. The summed E-state index contributed by atoms with van der Waals surface area (Å²) in [5, 5.41) is 14.1. The van der Waals surface area contributed by atoms with Gasteiger partial charge >= 0.3 is 0 Å². The first-order valence-corrected chi connectivity index (χ1v) is 8.63. The van der Waals surface area contributed by atoms with Gasteiger partial charge in [0, 0.05) is 17.4 Å². The minimum Gasteiger partial charge on any atom is -0.391 e. The van der Waals surface area contributed by atoms with Crippen molar-refractivity contribution in [1.82, 2.24) is 10.1 Å². The number of thioether (sulfide) groups is 1. The van der Waals surface area contributed by atoms with Crippen LogP contribution in [-0.2, 0) is 12.8 Å². The SMILES string of the molecule is OC1CSCC1c1nc(C2CCc3ccccc3C2)no1. The number of rotatable bonds is 2. The molecule has 2 aliphatic rings. The molecule has 1 saturated heterocycles. The van der Waals surface area contributed by atoms with Crippen molar-refractivity contribution in [2.75, 3.05) is 11.5 Å². The van der Waals surface area contributed by atoms with Crippen LogP contribution in [-0.4, -0.2) is 32.9 Å². The third-order valence-corrected chi connectivity index (χ3v) is 5.71. The Morgan fingerprint density at radius 1 is 1.19 bits per heavy atom. The van der Waals surface area contributed by atoms with Gasteiger partial charge in [-0.2, -0.15) is 16.7 Å². The Labute approximate surface area is 127 Å². The highest BCUT2D eigenvalue weighted by Crippen LogP contribution is 2.35. The number of benzene rings is 1. The van der Waals surface area contributed by atoms with E-state index in [-0.39, 0.29) is 12.0 Å². The zero-order valence-electron chi connectivity index (χ0n) is 11.7. The molecule has 3 atom stereocenters.